The summed E-state index contributed by atoms with van der Waals surface area (Å²) in [6, 6.07) is 2.68. The average Bonchev–Trinajstić information content (AvgIpc) is 2.91. The fraction of sp³-hybridized carbons (Fsp3) is 0.643. The Morgan fingerprint density at radius 2 is 2.24 bits per heavy atom. The van der Waals surface area contributed by atoms with Crippen LogP contribution in [0.25, 0.3) is 0 Å². The van der Waals surface area contributed by atoms with E-state index in [1.165, 1.54) is 11.3 Å². The third kappa shape index (κ3) is 3.12. The maximum atomic E-state index is 6.07. The molecule has 2 rings (SSSR count). The minimum Gasteiger partial charge on any atom is -0.269 e. The van der Waals surface area contributed by atoms with Gasteiger partial charge in [-0.2, -0.15) is 5.10 Å². The third-order valence-electron chi connectivity index (χ3n) is 3.55. The van der Waals surface area contributed by atoms with Crippen molar-refractivity contribution < 1.29 is 0 Å². The Balaban J connectivity index is 2.01. The first-order chi connectivity index (χ1) is 8.22. The number of alkyl halides is 1. The van der Waals surface area contributed by atoms with Gasteiger partial charge >= 0.3 is 0 Å². The van der Waals surface area contributed by atoms with Gasteiger partial charge in [-0.05, 0) is 31.7 Å². The number of nitrogens with zero attached hydrogens (tertiary/aromatic N) is 2. The average molecular weight is 253 g/mol. The van der Waals surface area contributed by atoms with Crippen LogP contribution in [0.3, 0.4) is 0 Å². The molecule has 0 radical (unpaired) electrons. The van der Waals surface area contributed by atoms with Gasteiger partial charge in [0.2, 0.25) is 0 Å². The second kappa shape index (κ2) is 5.72. The lowest BCUT2D eigenvalue weighted by molar-refractivity contribution is 0.426. The Morgan fingerprint density at radius 1 is 1.47 bits per heavy atom. The summed E-state index contributed by atoms with van der Waals surface area (Å²) in [7, 11) is 0. The van der Waals surface area contributed by atoms with Gasteiger partial charge in [-0.25, -0.2) is 0 Å². The van der Waals surface area contributed by atoms with Crippen molar-refractivity contribution in [2.24, 2.45) is 0 Å². The molecule has 1 heterocycles. The molecule has 0 amide bonds. The van der Waals surface area contributed by atoms with E-state index in [1.807, 2.05) is 0 Å². The van der Waals surface area contributed by atoms with Gasteiger partial charge in [0.1, 0.15) is 0 Å². The Hall–Kier alpha value is -0.760. The SMILES string of the molecule is CCC(CC)n1ccc(CC2=CC(Cl)CC2)n1. The van der Waals surface area contributed by atoms with Gasteiger partial charge in [0, 0.05) is 12.6 Å². The monoisotopic (exact) mass is 252 g/mol. The summed E-state index contributed by atoms with van der Waals surface area (Å²) in [5.74, 6) is 0. The molecule has 0 fully saturated rings. The molecular weight excluding hydrogens is 232 g/mol. The van der Waals surface area contributed by atoms with Crippen LogP contribution >= 0.6 is 11.6 Å². The maximum absolute atomic E-state index is 6.07. The summed E-state index contributed by atoms with van der Waals surface area (Å²) in [5, 5.41) is 4.92. The summed E-state index contributed by atoms with van der Waals surface area (Å²) >= 11 is 6.07. The van der Waals surface area contributed by atoms with Crippen LogP contribution in [0.15, 0.2) is 23.9 Å². The van der Waals surface area contributed by atoms with E-state index >= 15 is 0 Å². The van der Waals surface area contributed by atoms with E-state index in [1.54, 1.807) is 0 Å². The highest BCUT2D eigenvalue weighted by Gasteiger charge is 2.15. The van der Waals surface area contributed by atoms with Crippen molar-refractivity contribution in [3.8, 4) is 0 Å². The number of rotatable bonds is 5. The van der Waals surface area contributed by atoms with Gasteiger partial charge in [0.25, 0.3) is 0 Å². The molecular formula is C14H21ClN2. The third-order valence-corrected chi connectivity index (χ3v) is 3.89. The van der Waals surface area contributed by atoms with E-state index in [4.69, 9.17) is 11.6 Å². The number of halogens is 1. The van der Waals surface area contributed by atoms with Crippen molar-refractivity contribution in [3.05, 3.63) is 29.6 Å². The van der Waals surface area contributed by atoms with E-state index in [9.17, 15) is 0 Å². The zero-order valence-electron chi connectivity index (χ0n) is 10.7. The Labute approximate surface area is 109 Å². The van der Waals surface area contributed by atoms with Crippen LogP contribution < -0.4 is 0 Å². The summed E-state index contributed by atoms with van der Waals surface area (Å²) in [4.78, 5) is 0. The molecule has 0 N–H and O–H groups in total. The van der Waals surface area contributed by atoms with E-state index < -0.39 is 0 Å². The smallest absolute Gasteiger partial charge is 0.0665 e. The van der Waals surface area contributed by atoms with Gasteiger partial charge in [-0.15, -0.1) is 11.6 Å². The molecule has 0 saturated carbocycles. The molecule has 0 spiro atoms. The van der Waals surface area contributed by atoms with Crippen LogP contribution in [0.1, 0.15) is 51.3 Å². The Morgan fingerprint density at radius 3 is 2.82 bits per heavy atom. The first-order valence-corrected chi connectivity index (χ1v) is 7.04. The van der Waals surface area contributed by atoms with Crippen LogP contribution in [0.5, 0.6) is 0 Å². The van der Waals surface area contributed by atoms with E-state index in [2.05, 4.69) is 42.0 Å². The second-order valence-electron chi connectivity index (χ2n) is 4.81. The number of aromatic nitrogens is 2. The summed E-state index contributed by atoms with van der Waals surface area (Å²) in [5.41, 5.74) is 2.62. The van der Waals surface area contributed by atoms with Gasteiger partial charge in [0.15, 0.2) is 0 Å². The van der Waals surface area contributed by atoms with E-state index in [0.717, 1.165) is 32.1 Å². The molecule has 1 unspecified atom stereocenters. The highest BCUT2D eigenvalue weighted by Crippen LogP contribution is 2.25. The highest BCUT2D eigenvalue weighted by atomic mass is 35.5. The molecule has 1 aliphatic carbocycles. The molecule has 0 aliphatic heterocycles. The lowest BCUT2D eigenvalue weighted by atomic mass is 10.1. The molecule has 1 aromatic rings. The van der Waals surface area contributed by atoms with Crippen molar-refractivity contribution in [2.45, 2.75) is 57.4 Å². The number of hydrogen-bond donors (Lipinski definition) is 0. The summed E-state index contributed by atoms with van der Waals surface area (Å²) in [6.45, 7) is 4.43. The van der Waals surface area contributed by atoms with E-state index in [0.29, 0.717) is 6.04 Å². The molecule has 17 heavy (non-hydrogen) atoms. The standard InChI is InChI=1S/C14H21ClN2/c1-3-14(4-2)17-8-7-13(16-17)10-11-5-6-12(15)9-11/h7-9,12,14H,3-6,10H2,1-2H3. The fourth-order valence-corrected chi connectivity index (χ4v) is 2.75. The molecule has 0 bridgehead atoms. The summed E-state index contributed by atoms with van der Waals surface area (Å²) in [6.07, 6.45) is 9.78. The van der Waals surface area contributed by atoms with Crippen molar-refractivity contribution >= 4 is 11.6 Å². The molecule has 0 saturated heterocycles. The fourth-order valence-electron chi connectivity index (χ4n) is 2.46. The zero-order chi connectivity index (χ0) is 12.3. The van der Waals surface area contributed by atoms with Gasteiger partial charge < -0.3 is 0 Å². The van der Waals surface area contributed by atoms with Crippen LogP contribution in [0.2, 0.25) is 0 Å². The van der Waals surface area contributed by atoms with Gasteiger partial charge in [-0.1, -0.05) is 25.5 Å². The molecule has 94 valence electrons. The topological polar surface area (TPSA) is 17.8 Å². The van der Waals surface area contributed by atoms with Crippen molar-refractivity contribution in [1.29, 1.82) is 0 Å². The zero-order valence-corrected chi connectivity index (χ0v) is 11.5. The van der Waals surface area contributed by atoms with Gasteiger partial charge in [-0.3, -0.25) is 4.68 Å². The molecule has 0 aromatic carbocycles. The van der Waals surface area contributed by atoms with Crippen molar-refractivity contribution in [3.63, 3.8) is 0 Å². The van der Waals surface area contributed by atoms with Crippen LogP contribution in [0, 0.1) is 0 Å². The number of allylic oxidation sites excluding steroid dienone is 2. The summed E-state index contributed by atoms with van der Waals surface area (Å²) < 4.78 is 2.11. The lowest BCUT2D eigenvalue weighted by Gasteiger charge is -2.12. The van der Waals surface area contributed by atoms with Crippen LogP contribution in [-0.2, 0) is 6.42 Å². The molecule has 1 aliphatic rings. The van der Waals surface area contributed by atoms with E-state index in [-0.39, 0.29) is 5.38 Å². The molecule has 2 nitrogen and oxygen atoms in total. The number of hydrogen-bond acceptors (Lipinski definition) is 1. The Bertz CT molecular complexity index is 391. The first kappa shape index (κ1) is 12.7. The predicted molar refractivity (Wildman–Crippen MR) is 72.5 cm³/mol. The highest BCUT2D eigenvalue weighted by molar-refractivity contribution is 6.22. The molecule has 1 aromatic heterocycles. The minimum absolute atomic E-state index is 0.242. The largest absolute Gasteiger partial charge is 0.269 e. The van der Waals surface area contributed by atoms with Crippen LogP contribution in [-0.4, -0.2) is 15.2 Å². The molecule has 3 heteroatoms. The molecule has 1 atom stereocenters. The van der Waals surface area contributed by atoms with Gasteiger partial charge in [0.05, 0.1) is 17.1 Å². The maximum Gasteiger partial charge on any atom is 0.0665 e. The lowest BCUT2D eigenvalue weighted by Crippen LogP contribution is -2.07. The van der Waals surface area contributed by atoms with Crippen LogP contribution in [0.4, 0.5) is 0 Å². The Kier molecular flexibility index (Phi) is 4.27. The second-order valence-corrected chi connectivity index (χ2v) is 5.37. The quantitative estimate of drug-likeness (QED) is 0.570. The van der Waals surface area contributed by atoms with Crippen molar-refractivity contribution in [1.82, 2.24) is 9.78 Å². The normalized spacial score (nSPS) is 20.0. The minimum atomic E-state index is 0.242. The van der Waals surface area contributed by atoms with Crippen molar-refractivity contribution in [2.75, 3.05) is 0 Å². The predicted octanol–water partition coefficient (Wildman–Crippen LogP) is 4.11. The first-order valence-electron chi connectivity index (χ1n) is 6.60.